The Labute approximate surface area is 260 Å². The first-order valence-electron chi connectivity index (χ1n) is 13.9. The van der Waals surface area contributed by atoms with E-state index in [1.165, 1.54) is 6.92 Å². The smallest absolute Gasteiger partial charge is 0.408 e. The van der Waals surface area contributed by atoms with E-state index in [0.717, 1.165) is 18.2 Å². The number of alkyl carbamates (subject to hydrolysis) is 1. The minimum atomic E-state index is -1.22. The van der Waals surface area contributed by atoms with E-state index in [1.54, 1.807) is 36.4 Å². The number of carbonyl (C=O) groups excluding carboxylic acids is 6. The molecule has 0 saturated heterocycles. The summed E-state index contributed by atoms with van der Waals surface area (Å²) in [5.74, 6) is -2.66. The minimum absolute atomic E-state index is 0.0291. The minimum Gasteiger partial charge on any atom is -0.467 e. The van der Waals surface area contributed by atoms with E-state index in [0.29, 0.717) is 24.7 Å². The van der Waals surface area contributed by atoms with Crippen molar-refractivity contribution in [1.29, 1.82) is 0 Å². The summed E-state index contributed by atoms with van der Waals surface area (Å²) in [6.07, 6.45) is 0.00910. The Morgan fingerprint density at radius 1 is 0.841 bits per heavy atom. The summed E-state index contributed by atoms with van der Waals surface area (Å²) in [6, 6.07) is 15.0. The van der Waals surface area contributed by atoms with E-state index in [1.807, 2.05) is 24.3 Å². The zero-order valence-corrected chi connectivity index (χ0v) is 25.5. The van der Waals surface area contributed by atoms with Crippen molar-refractivity contribution in [2.24, 2.45) is 5.73 Å². The van der Waals surface area contributed by atoms with E-state index in [2.05, 4.69) is 21.3 Å². The third kappa shape index (κ3) is 13.7. The molecule has 0 aliphatic rings. The van der Waals surface area contributed by atoms with Crippen LogP contribution in [0.2, 0.25) is 0 Å². The number of nitrogens with two attached hydrogens (primary N) is 1. The number of thioether (sulfide) groups is 1. The summed E-state index contributed by atoms with van der Waals surface area (Å²) in [5.41, 5.74) is 7.05. The second-order valence-corrected chi connectivity index (χ2v) is 10.6. The topological polar surface area (TPSA) is 195 Å². The maximum Gasteiger partial charge on any atom is 0.408 e. The van der Waals surface area contributed by atoms with E-state index < -0.39 is 53.7 Å². The number of ether oxygens (including phenoxy) is 2. The van der Waals surface area contributed by atoms with Gasteiger partial charge in [-0.15, -0.1) is 0 Å². The molecule has 0 fully saturated rings. The van der Waals surface area contributed by atoms with Crippen LogP contribution in [0.5, 0.6) is 0 Å². The molecule has 0 saturated carbocycles. The van der Waals surface area contributed by atoms with Gasteiger partial charge in [-0.05, 0) is 31.0 Å². The molecule has 2 aromatic rings. The van der Waals surface area contributed by atoms with Gasteiger partial charge < -0.3 is 36.5 Å². The molecule has 14 heteroatoms. The maximum absolute atomic E-state index is 12.9. The molecule has 0 spiro atoms. The van der Waals surface area contributed by atoms with Gasteiger partial charge in [0.25, 0.3) is 0 Å². The highest BCUT2D eigenvalue weighted by molar-refractivity contribution is 8.13. The molecular formula is C30H39N5O8S. The monoisotopic (exact) mass is 629 g/mol. The second kappa shape index (κ2) is 19.7. The molecule has 6 N–H and O–H groups in total. The molecule has 0 heterocycles. The average molecular weight is 630 g/mol. The summed E-state index contributed by atoms with van der Waals surface area (Å²) >= 11 is 0.710. The first kappa shape index (κ1) is 35.8. The lowest BCUT2D eigenvalue weighted by Crippen LogP contribution is -2.52. The molecule has 238 valence electrons. The zero-order valence-electron chi connectivity index (χ0n) is 24.7. The van der Waals surface area contributed by atoms with Crippen LogP contribution in [-0.4, -0.2) is 79.0 Å². The number of methoxy groups -OCH3 is 1. The number of carbonyl (C=O) groups is 6. The van der Waals surface area contributed by atoms with Crippen molar-refractivity contribution in [3.63, 3.8) is 0 Å². The number of benzene rings is 2. The Bertz CT molecular complexity index is 1250. The third-order valence-electron chi connectivity index (χ3n) is 6.08. The molecule has 3 atom stereocenters. The predicted molar refractivity (Wildman–Crippen MR) is 164 cm³/mol. The van der Waals surface area contributed by atoms with Crippen LogP contribution in [0.3, 0.4) is 0 Å². The maximum atomic E-state index is 12.9. The number of esters is 1. The van der Waals surface area contributed by atoms with Gasteiger partial charge in [-0.2, -0.15) is 0 Å². The van der Waals surface area contributed by atoms with Crippen LogP contribution in [0, 0.1) is 0 Å². The van der Waals surface area contributed by atoms with E-state index in [9.17, 15) is 28.8 Å². The molecule has 4 amide bonds. The summed E-state index contributed by atoms with van der Waals surface area (Å²) in [7, 11) is 1.13. The van der Waals surface area contributed by atoms with Crippen LogP contribution < -0.4 is 27.0 Å². The molecule has 0 radical (unpaired) electrons. The molecule has 0 aromatic heterocycles. The van der Waals surface area contributed by atoms with Gasteiger partial charge in [0.15, 0.2) is 0 Å². The zero-order chi connectivity index (χ0) is 32.3. The Morgan fingerprint density at radius 2 is 1.45 bits per heavy atom. The van der Waals surface area contributed by atoms with Gasteiger partial charge in [0.1, 0.15) is 18.7 Å². The van der Waals surface area contributed by atoms with Crippen molar-refractivity contribution in [1.82, 2.24) is 21.3 Å². The number of hydrogen-bond acceptors (Lipinski definition) is 10. The summed E-state index contributed by atoms with van der Waals surface area (Å²) in [6.45, 7) is 1.31. The van der Waals surface area contributed by atoms with Gasteiger partial charge >= 0.3 is 12.1 Å². The van der Waals surface area contributed by atoms with Gasteiger partial charge in [-0.1, -0.05) is 72.4 Å². The number of rotatable bonds is 17. The fraction of sp³-hybridized carbons (Fsp3) is 0.400. The average Bonchev–Trinajstić information content (AvgIpc) is 3.03. The van der Waals surface area contributed by atoms with E-state index in [4.69, 9.17) is 15.2 Å². The highest BCUT2D eigenvalue weighted by Crippen LogP contribution is 2.10. The predicted octanol–water partition coefficient (Wildman–Crippen LogP) is 0.802. The van der Waals surface area contributed by atoms with Crippen molar-refractivity contribution < 1.29 is 38.2 Å². The van der Waals surface area contributed by atoms with E-state index in [-0.39, 0.29) is 31.1 Å². The summed E-state index contributed by atoms with van der Waals surface area (Å²) < 4.78 is 9.85. The van der Waals surface area contributed by atoms with Gasteiger partial charge in [0.05, 0.1) is 19.7 Å². The van der Waals surface area contributed by atoms with Gasteiger partial charge in [-0.3, -0.25) is 19.2 Å². The van der Waals surface area contributed by atoms with Crippen molar-refractivity contribution in [2.75, 3.05) is 26.0 Å². The Morgan fingerprint density at radius 3 is 2.07 bits per heavy atom. The van der Waals surface area contributed by atoms with Crippen LogP contribution in [0.4, 0.5) is 4.79 Å². The molecule has 13 nitrogen and oxygen atoms in total. The Hall–Kier alpha value is -4.43. The summed E-state index contributed by atoms with van der Waals surface area (Å²) in [5, 5.41) is 9.53. The third-order valence-corrected chi connectivity index (χ3v) is 7.22. The van der Waals surface area contributed by atoms with Gasteiger partial charge in [0, 0.05) is 18.6 Å². The number of nitrogens with one attached hydrogen (secondary N) is 4. The van der Waals surface area contributed by atoms with Crippen molar-refractivity contribution >= 4 is 46.7 Å². The molecule has 2 aromatic carbocycles. The van der Waals surface area contributed by atoms with Crippen LogP contribution in [0.15, 0.2) is 60.7 Å². The van der Waals surface area contributed by atoms with Crippen LogP contribution >= 0.6 is 11.8 Å². The largest absolute Gasteiger partial charge is 0.467 e. The van der Waals surface area contributed by atoms with Crippen LogP contribution in [0.25, 0.3) is 0 Å². The standard InChI is InChI=1S/C30H39N5O8S/c1-20(33-30(41)43-18-22-12-7-4-8-13-22)29(40)44-19-24(28(39)42-2)35-26(37)17-32-27(38)23(34-25(36)14-9-15-31)16-21-10-5-3-6-11-21/h3-8,10-13,20,23-24H,9,14-19,31H2,1-2H3,(H,32,38)(H,33,41)(H,34,36)(H,35,37)/t20-,23-,24-/m0/s1. The quantitative estimate of drug-likeness (QED) is 0.156. The Kier molecular flexibility index (Phi) is 16.0. The van der Waals surface area contributed by atoms with Gasteiger partial charge in [-0.25, -0.2) is 9.59 Å². The molecular weight excluding hydrogens is 590 g/mol. The lowest BCUT2D eigenvalue weighted by atomic mass is 10.0. The van der Waals surface area contributed by atoms with E-state index >= 15 is 0 Å². The first-order chi connectivity index (χ1) is 21.1. The lowest BCUT2D eigenvalue weighted by Gasteiger charge is -2.20. The fourth-order valence-corrected chi connectivity index (χ4v) is 4.59. The summed E-state index contributed by atoms with van der Waals surface area (Å²) in [4.78, 5) is 74.8. The highest BCUT2D eigenvalue weighted by Gasteiger charge is 2.26. The molecule has 0 aliphatic carbocycles. The molecule has 44 heavy (non-hydrogen) atoms. The number of hydrogen-bond donors (Lipinski definition) is 5. The van der Waals surface area contributed by atoms with Crippen molar-refractivity contribution in [3.8, 4) is 0 Å². The molecule has 0 unspecified atom stereocenters. The normalized spacial score (nSPS) is 12.5. The van der Waals surface area contributed by atoms with Crippen molar-refractivity contribution in [3.05, 3.63) is 71.8 Å². The molecule has 0 aliphatic heterocycles. The van der Waals surface area contributed by atoms with Crippen molar-refractivity contribution in [2.45, 2.75) is 50.9 Å². The second-order valence-electron chi connectivity index (χ2n) is 9.62. The van der Waals surface area contributed by atoms with Gasteiger partial charge in [0.2, 0.25) is 22.8 Å². The van der Waals surface area contributed by atoms with Crippen LogP contribution in [-0.2, 0) is 46.5 Å². The SMILES string of the molecule is COC(=O)[C@H](CSC(=O)[C@H](C)NC(=O)OCc1ccccc1)NC(=O)CNC(=O)[C@H](Cc1ccccc1)NC(=O)CCCN. The van der Waals surface area contributed by atoms with Crippen LogP contribution in [0.1, 0.15) is 30.9 Å². The highest BCUT2D eigenvalue weighted by atomic mass is 32.2. The molecule has 0 bridgehead atoms. The fourth-order valence-electron chi connectivity index (χ4n) is 3.73. The lowest BCUT2D eigenvalue weighted by molar-refractivity contribution is -0.144. The number of amides is 4. The molecule has 2 rings (SSSR count). The Balaban J connectivity index is 1.87. The first-order valence-corrected chi connectivity index (χ1v) is 14.9.